The summed E-state index contributed by atoms with van der Waals surface area (Å²) < 4.78 is 1.74. The summed E-state index contributed by atoms with van der Waals surface area (Å²) in [5.74, 6) is 0. The van der Waals surface area contributed by atoms with Crippen LogP contribution in [0.15, 0.2) is 0 Å². The summed E-state index contributed by atoms with van der Waals surface area (Å²) in [4.78, 5) is 0. The SMILES string of the molecule is C[CH](C)[Zn][C](C)(C)C. The number of hydrogen-bond acceptors (Lipinski definition) is 0. The third kappa shape index (κ3) is 6.62. The van der Waals surface area contributed by atoms with Crippen molar-refractivity contribution in [3.63, 3.8) is 0 Å². The van der Waals surface area contributed by atoms with Crippen molar-refractivity contribution in [1.82, 2.24) is 0 Å². The normalized spacial score (nSPS) is 11.8. The molecule has 0 spiro atoms. The Labute approximate surface area is 60.6 Å². The Balaban J connectivity index is 3.39. The molecule has 0 nitrogen and oxygen atoms in total. The Hall–Kier alpha value is 0.623. The summed E-state index contributed by atoms with van der Waals surface area (Å²) in [6.07, 6.45) is 0. The van der Waals surface area contributed by atoms with Gasteiger partial charge in [0.15, 0.2) is 0 Å². The first-order valence-electron chi connectivity index (χ1n) is 3.42. The van der Waals surface area contributed by atoms with Crippen LogP contribution >= 0.6 is 0 Å². The van der Waals surface area contributed by atoms with Crippen molar-refractivity contribution in [2.24, 2.45) is 0 Å². The second-order valence-corrected chi connectivity index (χ2v) is 12.9. The second kappa shape index (κ2) is 2.96. The zero-order valence-electron chi connectivity index (χ0n) is 6.78. The van der Waals surface area contributed by atoms with Gasteiger partial charge in [0.05, 0.1) is 0 Å². The average Bonchev–Trinajstić information content (AvgIpc) is 1.21. The summed E-state index contributed by atoms with van der Waals surface area (Å²) in [5.41, 5.74) is 0. The summed E-state index contributed by atoms with van der Waals surface area (Å²) in [6.45, 7) is 11.8. The molecule has 0 aliphatic heterocycles. The van der Waals surface area contributed by atoms with Crippen molar-refractivity contribution in [3.05, 3.63) is 0 Å². The molecule has 0 N–H and O–H groups in total. The van der Waals surface area contributed by atoms with Gasteiger partial charge in [0.25, 0.3) is 0 Å². The molecule has 0 atom stereocenters. The van der Waals surface area contributed by atoms with E-state index in [-0.39, 0.29) is 17.1 Å². The van der Waals surface area contributed by atoms with Gasteiger partial charge in [-0.25, -0.2) is 0 Å². The van der Waals surface area contributed by atoms with Gasteiger partial charge in [0.1, 0.15) is 0 Å². The van der Waals surface area contributed by atoms with Gasteiger partial charge in [-0.3, -0.25) is 0 Å². The maximum absolute atomic E-state index is 2.37. The van der Waals surface area contributed by atoms with Gasteiger partial charge in [0, 0.05) is 0 Å². The topological polar surface area (TPSA) is 0 Å². The van der Waals surface area contributed by atoms with E-state index in [9.17, 15) is 0 Å². The van der Waals surface area contributed by atoms with E-state index in [4.69, 9.17) is 0 Å². The molecule has 0 aliphatic rings. The van der Waals surface area contributed by atoms with E-state index in [0.717, 1.165) is 4.51 Å². The third-order valence-corrected chi connectivity index (χ3v) is 5.30. The molecule has 0 saturated carbocycles. The molecule has 0 aliphatic carbocycles. The van der Waals surface area contributed by atoms with Crippen molar-refractivity contribution in [2.45, 2.75) is 43.1 Å². The molecule has 0 heterocycles. The van der Waals surface area contributed by atoms with Crippen LogP contribution < -0.4 is 0 Å². The first-order chi connectivity index (χ1) is 3.42. The Morgan fingerprint density at radius 1 is 1.12 bits per heavy atom. The fraction of sp³-hybridized carbons (Fsp3) is 1.00. The van der Waals surface area contributed by atoms with Crippen LogP contribution in [0.3, 0.4) is 0 Å². The molecular weight excluding hydrogens is 149 g/mol. The molecule has 0 rings (SSSR count). The van der Waals surface area contributed by atoms with Gasteiger partial charge < -0.3 is 0 Å². The monoisotopic (exact) mass is 164 g/mol. The van der Waals surface area contributed by atoms with Gasteiger partial charge in [-0.1, -0.05) is 0 Å². The summed E-state index contributed by atoms with van der Waals surface area (Å²) in [7, 11) is 0. The second-order valence-electron chi connectivity index (χ2n) is 4.16. The molecule has 0 bridgehead atoms. The van der Waals surface area contributed by atoms with E-state index in [1.807, 2.05) is 0 Å². The quantitative estimate of drug-likeness (QED) is 0.524. The van der Waals surface area contributed by atoms with Crippen molar-refractivity contribution in [3.8, 4) is 0 Å². The van der Waals surface area contributed by atoms with Gasteiger partial charge in [-0.2, -0.15) is 0 Å². The number of rotatable bonds is 1. The van der Waals surface area contributed by atoms with Crippen LogP contribution in [-0.2, 0) is 17.1 Å². The minimum atomic E-state index is -0.215. The summed E-state index contributed by atoms with van der Waals surface area (Å²) in [6, 6.07) is 0. The Morgan fingerprint density at radius 2 is 1.50 bits per heavy atom. The van der Waals surface area contributed by atoms with Crippen LogP contribution in [0.25, 0.3) is 0 Å². The van der Waals surface area contributed by atoms with E-state index in [1.54, 1.807) is 0 Å². The van der Waals surface area contributed by atoms with Crippen LogP contribution in [-0.4, -0.2) is 0 Å². The minimum absolute atomic E-state index is 0.215. The van der Waals surface area contributed by atoms with Crippen molar-refractivity contribution in [2.75, 3.05) is 0 Å². The molecule has 0 aromatic carbocycles. The summed E-state index contributed by atoms with van der Waals surface area (Å²) >= 11 is -0.215. The third-order valence-electron chi connectivity index (χ3n) is 1.02. The Bertz CT molecular complexity index is 59.3. The van der Waals surface area contributed by atoms with Crippen LogP contribution in [0.2, 0.25) is 8.52 Å². The zero-order chi connectivity index (χ0) is 6.78. The molecule has 0 radical (unpaired) electrons. The molecule has 0 saturated heterocycles. The predicted molar refractivity (Wildman–Crippen MR) is 34.8 cm³/mol. The van der Waals surface area contributed by atoms with E-state index in [2.05, 4.69) is 34.6 Å². The average molecular weight is 166 g/mol. The van der Waals surface area contributed by atoms with Crippen LogP contribution in [0, 0.1) is 0 Å². The molecule has 0 fully saturated rings. The maximum atomic E-state index is 2.37. The van der Waals surface area contributed by atoms with Crippen molar-refractivity contribution >= 4 is 0 Å². The molecule has 0 aromatic rings. The van der Waals surface area contributed by atoms with Crippen molar-refractivity contribution < 1.29 is 17.1 Å². The van der Waals surface area contributed by atoms with Crippen molar-refractivity contribution in [1.29, 1.82) is 0 Å². The summed E-state index contributed by atoms with van der Waals surface area (Å²) in [5, 5.41) is 0. The molecule has 8 heavy (non-hydrogen) atoms. The van der Waals surface area contributed by atoms with Gasteiger partial charge in [-0.05, 0) is 0 Å². The van der Waals surface area contributed by atoms with Gasteiger partial charge in [0.2, 0.25) is 0 Å². The van der Waals surface area contributed by atoms with E-state index in [0.29, 0.717) is 4.01 Å². The van der Waals surface area contributed by atoms with Gasteiger partial charge in [-0.15, -0.1) is 0 Å². The molecular formula is C7H16Zn. The van der Waals surface area contributed by atoms with Gasteiger partial charge >= 0.3 is 60.3 Å². The Kier molecular flexibility index (Phi) is 3.19. The fourth-order valence-electron chi connectivity index (χ4n) is 1.22. The molecule has 1 heteroatoms. The first-order valence-corrected chi connectivity index (χ1v) is 6.61. The Morgan fingerprint density at radius 3 is 1.50 bits per heavy atom. The predicted octanol–water partition coefficient (Wildman–Crippen LogP) is 3.12. The standard InChI is InChI=1S/C4H9.C3H7.Zn/c1-4(2)3;1-3-2;/h1-3H3;3H,1-2H3;. The van der Waals surface area contributed by atoms with E-state index >= 15 is 0 Å². The van der Waals surface area contributed by atoms with Crippen LogP contribution in [0.5, 0.6) is 0 Å². The fourth-order valence-corrected chi connectivity index (χ4v) is 6.36. The molecule has 0 unspecified atom stereocenters. The van der Waals surface area contributed by atoms with E-state index < -0.39 is 0 Å². The van der Waals surface area contributed by atoms with Crippen LogP contribution in [0.4, 0.5) is 0 Å². The molecule has 0 amide bonds. The molecule has 0 aromatic heterocycles. The molecule has 46 valence electrons. The zero-order valence-corrected chi connectivity index (χ0v) is 9.75. The van der Waals surface area contributed by atoms with E-state index in [1.165, 1.54) is 0 Å². The first kappa shape index (κ1) is 8.62. The number of hydrogen-bond donors (Lipinski definition) is 0. The van der Waals surface area contributed by atoms with Crippen LogP contribution in [0.1, 0.15) is 34.6 Å².